The highest BCUT2D eigenvalue weighted by molar-refractivity contribution is 5.69. The standard InChI is InChI=1S/C15H19N5O4/c1-24-15(21)5-2-11-6-8-18(9-7-11)13-4-3-12-16-10-14(20(22)23)19(12)17-13/h3-4,10-11H,2,5-9H2,1H3. The normalized spacial score (nSPS) is 15.6. The maximum absolute atomic E-state index is 11.2. The lowest BCUT2D eigenvalue weighted by molar-refractivity contribution is -0.391. The molecule has 3 heterocycles. The van der Waals surface area contributed by atoms with E-state index in [4.69, 9.17) is 0 Å². The number of carbonyl (C=O) groups is 1. The number of hydrogen-bond acceptors (Lipinski definition) is 7. The highest BCUT2D eigenvalue weighted by Crippen LogP contribution is 2.26. The molecule has 0 atom stereocenters. The summed E-state index contributed by atoms with van der Waals surface area (Å²) in [4.78, 5) is 27.8. The topological polar surface area (TPSA) is 103 Å². The number of fused-ring (bicyclic) bond motifs is 1. The average Bonchev–Trinajstić information content (AvgIpc) is 3.03. The summed E-state index contributed by atoms with van der Waals surface area (Å²) in [6, 6.07) is 3.57. The van der Waals surface area contributed by atoms with E-state index in [0.29, 0.717) is 23.8 Å². The molecule has 0 amide bonds. The zero-order valence-electron chi connectivity index (χ0n) is 13.4. The molecule has 1 fully saturated rings. The van der Waals surface area contributed by atoms with Gasteiger partial charge >= 0.3 is 11.8 Å². The van der Waals surface area contributed by atoms with E-state index < -0.39 is 4.92 Å². The molecule has 0 aliphatic carbocycles. The molecule has 24 heavy (non-hydrogen) atoms. The number of carbonyl (C=O) groups excluding carboxylic acids is 1. The van der Waals surface area contributed by atoms with Gasteiger partial charge in [0, 0.05) is 25.6 Å². The van der Waals surface area contributed by atoms with Crippen LogP contribution in [0.1, 0.15) is 25.7 Å². The minimum atomic E-state index is -0.490. The van der Waals surface area contributed by atoms with Gasteiger partial charge in [-0.15, -0.1) is 0 Å². The van der Waals surface area contributed by atoms with Crippen molar-refractivity contribution in [2.45, 2.75) is 25.7 Å². The number of rotatable bonds is 5. The van der Waals surface area contributed by atoms with E-state index in [1.54, 1.807) is 6.07 Å². The molecule has 0 radical (unpaired) electrons. The van der Waals surface area contributed by atoms with Gasteiger partial charge in [0.15, 0.2) is 5.82 Å². The third-order valence-corrected chi connectivity index (χ3v) is 4.44. The Kier molecular flexibility index (Phi) is 4.59. The van der Waals surface area contributed by atoms with Crippen LogP contribution in [-0.2, 0) is 9.53 Å². The number of imidazole rings is 1. The van der Waals surface area contributed by atoms with Crippen LogP contribution in [-0.4, -0.2) is 45.7 Å². The van der Waals surface area contributed by atoms with E-state index in [1.807, 2.05) is 6.07 Å². The van der Waals surface area contributed by atoms with E-state index in [2.05, 4.69) is 19.7 Å². The summed E-state index contributed by atoms with van der Waals surface area (Å²) >= 11 is 0. The Bertz CT molecular complexity index is 751. The van der Waals surface area contributed by atoms with Crippen LogP contribution in [0.2, 0.25) is 0 Å². The third-order valence-electron chi connectivity index (χ3n) is 4.44. The van der Waals surface area contributed by atoms with Gasteiger partial charge in [-0.25, -0.2) is 4.98 Å². The van der Waals surface area contributed by atoms with Crippen molar-refractivity contribution in [3.05, 3.63) is 28.4 Å². The van der Waals surface area contributed by atoms with Gasteiger partial charge in [0.1, 0.15) is 6.20 Å². The van der Waals surface area contributed by atoms with Crippen LogP contribution in [0.15, 0.2) is 18.3 Å². The first kappa shape index (κ1) is 16.2. The fourth-order valence-corrected chi connectivity index (χ4v) is 3.02. The van der Waals surface area contributed by atoms with Crippen molar-refractivity contribution in [1.82, 2.24) is 14.6 Å². The number of methoxy groups -OCH3 is 1. The van der Waals surface area contributed by atoms with Gasteiger partial charge in [-0.3, -0.25) is 4.79 Å². The second-order valence-electron chi connectivity index (χ2n) is 5.88. The summed E-state index contributed by atoms with van der Waals surface area (Å²) < 4.78 is 5.93. The summed E-state index contributed by atoms with van der Waals surface area (Å²) in [7, 11) is 1.40. The molecule has 9 heteroatoms. The number of nitro groups is 1. The van der Waals surface area contributed by atoms with Crippen LogP contribution in [0.4, 0.5) is 11.6 Å². The smallest absolute Gasteiger partial charge is 0.368 e. The highest BCUT2D eigenvalue weighted by atomic mass is 16.6. The third kappa shape index (κ3) is 3.29. The van der Waals surface area contributed by atoms with Gasteiger partial charge < -0.3 is 19.8 Å². The molecule has 1 aliphatic heterocycles. The number of esters is 1. The first-order valence-corrected chi connectivity index (χ1v) is 7.89. The average molecular weight is 333 g/mol. The molecule has 3 rings (SSSR count). The number of nitrogens with zero attached hydrogens (tertiary/aromatic N) is 5. The molecule has 9 nitrogen and oxygen atoms in total. The number of anilines is 1. The number of hydrogen-bond donors (Lipinski definition) is 0. The first-order chi connectivity index (χ1) is 11.6. The van der Waals surface area contributed by atoms with Crippen molar-refractivity contribution in [3.63, 3.8) is 0 Å². The fraction of sp³-hybridized carbons (Fsp3) is 0.533. The van der Waals surface area contributed by atoms with Crippen molar-refractivity contribution in [2.75, 3.05) is 25.1 Å². The van der Waals surface area contributed by atoms with Crippen molar-refractivity contribution in [1.29, 1.82) is 0 Å². The molecule has 0 saturated carbocycles. The Labute approximate surface area is 138 Å². The van der Waals surface area contributed by atoms with Crippen LogP contribution in [0.3, 0.4) is 0 Å². The van der Waals surface area contributed by atoms with E-state index in [0.717, 1.165) is 32.4 Å². The predicted octanol–water partition coefficient (Wildman–Crippen LogP) is 1.81. The Balaban J connectivity index is 1.66. The SMILES string of the molecule is COC(=O)CCC1CCN(c2ccc3ncc([N+](=O)[O-])n3n2)CC1. The minimum Gasteiger partial charge on any atom is -0.469 e. The first-order valence-electron chi connectivity index (χ1n) is 7.89. The van der Waals surface area contributed by atoms with Gasteiger partial charge in [-0.1, -0.05) is 9.61 Å². The molecular weight excluding hydrogens is 314 g/mol. The Hall–Kier alpha value is -2.71. The number of piperidine rings is 1. The van der Waals surface area contributed by atoms with Crippen molar-refractivity contribution in [3.8, 4) is 0 Å². The second-order valence-corrected chi connectivity index (χ2v) is 5.88. The molecule has 1 aliphatic rings. The lowest BCUT2D eigenvalue weighted by atomic mass is 9.92. The van der Waals surface area contributed by atoms with E-state index in [1.165, 1.54) is 17.8 Å². The van der Waals surface area contributed by atoms with Gasteiger partial charge in [0.05, 0.1) is 7.11 Å². The van der Waals surface area contributed by atoms with E-state index in [-0.39, 0.29) is 11.8 Å². The molecule has 2 aromatic heterocycles. The molecule has 2 aromatic rings. The van der Waals surface area contributed by atoms with Crippen molar-refractivity contribution >= 4 is 23.3 Å². The second kappa shape index (κ2) is 6.81. The van der Waals surface area contributed by atoms with Crippen molar-refractivity contribution in [2.24, 2.45) is 5.92 Å². The zero-order chi connectivity index (χ0) is 17.1. The van der Waals surface area contributed by atoms with Gasteiger partial charge in [0.25, 0.3) is 0 Å². The maximum Gasteiger partial charge on any atom is 0.368 e. The summed E-state index contributed by atoms with van der Waals surface area (Å²) in [6.07, 6.45) is 4.42. The summed E-state index contributed by atoms with van der Waals surface area (Å²) in [6.45, 7) is 1.62. The van der Waals surface area contributed by atoms with Crippen molar-refractivity contribution < 1.29 is 14.5 Å². The van der Waals surface area contributed by atoms with Gasteiger partial charge in [-0.05, 0) is 36.2 Å². The Morgan fingerprint density at radius 3 is 2.83 bits per heavy atom. The van der Waals surface area contributed by atoms with E-state index in [9.17, 15) is 14.9 Å². The zero-order valence-corrected chi connectivity index (χ0v) is 13.4. The lowest BCUT2D eigenvalue weighted by Gasteiger charge is -2.32. The largest absolute Gasteiger partial charge is 0.469 e. The van der Waals surface area contributed by atoms with Crippen LogP contribution >= 0.6 is 0 Å². The monoisotopic (exact) mass is 333 g/mol. The maximum atomic E-state index is 11.2. The number of ether oxygens (including phenoxy) is 1. The molecule has 128 valence electrons. The highest BCUT2D eigenvalue weighted by Gasteiger charge is 2.23. The van der Waals surface area contributed by atoms with Crippen LogP contribution in [0.25, 0.3) is 5.65 Å². The van der Waals surface area contributed by atoms with E-state index >= 15 is 0 Å². The van der Waals surface area contributed by atoms with Gasteiger partial charge in [0.2, 0.25) is 5.65 Å². The van der Waals surface area contributed by atoms with Crippen LogP contribution in [0, 0.1) is 16.0 Å². The summed E-state index contributed by atoms with van der Waals surface area (Å²) in [5.74, 6) is 0.887. The molecule has 0 bridgehead atoms. The molecule has 0 spiro atoms. The van der Waals surface area contributed by atoms with Gasteiger partial charge in [-0.2, -0.15) is 0 Å². The predicted molar refractivity (Wildman–Crippen MR) is 85.8 cm³/mol. The quantitative estimate of drug-likeness (QED) is 0.467. The number of aromatic nitrogens is 3. The Morgan fingerprint density at radius 2 is 2.17 bits per heavy atom. The fourth-order valence-electron chi connectivity index (χ4n) is 3.02. The Morgan fingerprint density at radius 1 is 1.42 bits per heavy atom. The molecule has 0 aromatic carbocycles. The molecule has 0 unspecified atom stereocenters. The summed E-state index contributed by atoms with van der Waals surface area (Å²) in [5.41, 5.74) is 0.457. The molecular formula is C15H19N5O4. The lowest BCUT2D eigenvalue weighted by Crippen LogP contribution is -2.34. The molecule has 0 N–H and O–H groups in total. The van der Waals surface area contributed by atoms with Crippen LogP contribution in [0.5, 0.6) is 0 Å². The molecule has 1 saturated heterocycles. The minimum absolute atomic E-state index is 0.139. The van der Waals surface area contributed by atoms with Crippen LogP contribution < -0.4 is 4.90 Å². The summed E-state index contributed by atoms with van der Waals surface area (Å²) in [5, 5.41) is 15.4.